The van der Waals surface area contributed by atoms with Gasteiger partial charge in [-0.05, 0) is 24.8 Å². The summed E-state index contributed by atoms with van der Waals surface area (Å²) >= 11 is 0. The maximum absolute atomic E-state index is 13.1. The smallest absolute Gasteiger partial charge is 0.302 e. The average molecular weight is 420 g/mol. The predicted molar refractivity (Wildman–Crippen MR) is 101 cm³/mol. The maximum Gasteiger partial charge on any atom is 0.302 e. The fraction of sp³-hybridized carbons (Fsp3) is 0.727. The van der Waals surface area contributed by atoms with Gasteiger partial charge in [0.25, 0.3) is 0 Å². The number of hydrogen-bond acceptors (Lipinski definition) is 8. The molecule has 2 spiro atoms. The topological polar surface area (TPSA) is 119 Å². The van der Waals surface area contributed by atoms with Crippen LogP contribution >= 0.6 is 0 Å². The Morgan fingerprint density at radius 2 is 2.13 bits per heavy atom. The van der Waals surface area contributed by atoms with E-state index in [0.717, 1.165) is 0 Å². The summed E-state index contributed by atoms with van der Waals surface area (Å²) in [5, 5.41) is 23.1. The molecule has 164 valence electrons. The van der Waals surface area contributed by atoms with E-state index in [9.17, 15) is 19.8 Å². The summed E-state index contributed by atoms with van der Waals surface area (Å²) in [6.45, 7) is 5.30. The summed E-state index contributed by atoms with van der Waals surface area (Å²) in [5.41, 5.74) is -3.85. The van der Waals surface area contributed by atoms with Gasteiger partial charge in [0.15, 0.2) is 17.2 Å². The van der Waals surface area contributed by atoms with Crippen molar-refractivity contribution in [1.29, 1.82) is 0 Å². The van der Waals surface area contributed by atoms with E-state index in [1.807, 2.05) is 13.8 Å². The van der Waals surface area contributed by atoms with Gasteiger partial charge in [-0.25, -0.2) is 0 Å². The van der Waals surface area contributed by atoms with Crippen LogP contribution in [0.4, 0.5) is 0 Å². The van der Waals surface area contributed by atoms with E-state index < -0.39 is 39.9 Å². The van der Waals surface area contributed by atoms with Gasteiger partial charge in [0.2, 0.25) is 0 Å². The molecule has 3 heterocycles. The zero-order chi connectivity index (χ0) is 21.6. The Kier molecular flexibility index (Phi) is 3.99. The quantitative estimate of drug-likeness (QED) is 0.560. The SMILES string of the molecule is CC(=O)OCC12C(O)CC(C)C3(C)CC(O)(c4ccoc4)OC31CCC(=O)C21CO1. The molecule has 8 heteroatoms. The minimum Gasteiger partial charge on any atom is -0.472 e. The summed E-state index contributed by atoms with van der Waals surface area (Å²) in [5.74, 6) is -2.30. The monoisotopic (exact) mass is 420 g/mol. The summed E-state index contributed by atoms with van der Waals surface area (Å²) in [4.78, 5) is 24.9. The zero-order valence-electron chi connectivity index (χ0n) is 17.5. The highest BCUT2D eigenvalue weighted by atomic mass is 16.7. The van der Waals surface area contributed by atoms with Crippen LogP contribution in [0.5, 0.6) is 0 Å². The summed E-state index contributed by atoms with van der Waals surface area (Å²) < 4.78 is 23.1. The second-order valence-corrected chi connectivity index (χ2v) is 9.76. The van der Waals surface area contributed by atoms with Crippen LogP contribution in [-0.2, 0) is 29.6 Å². The first-order valence-electron chi connectivity index (χ1n) is 10.5. The van der Waals surface area contributed by atoms with Crippen molar-refractivity contribution in [2.24, 2.45) is 16.7 Å². The van der Waals surface area contributed by atoms with Gasteiger partial charge < -0.3 is 28.8 Å². The number of epoxide rings is 1. The molecule has 0 aromatic carbocycles. The number of ketones is 1. The number of Topliss-reactive ketones (excluding diaryl/α,β-unsaturated/α-hetero) is 1. The van der Waals surface area contributed by atoms with Crippen molar-refractivity contribution >= 4 is 11.8 Å². The lowest BCUT2D eigenvalue weighted by Crippen LogP contribution is -2.77. The Bertz CT molecular complexity index is 891. The number of aliphatic hydroxyl groups is 2. The van der Waals surface area contributed by atoms with E-state index >= 15 is 0 Å². The molecule has 30 heavy (non-hydrogen) atoms. The third-order valence-corrected chi connectivity index (χ3v) is 8.61. The van der Waals surface area contributed by atoms with Gasteiger partial charge in [-0.15, -0.1) is 0 Å². The van der Waals surface area contributed by atoms with Crippen LogP contribution in [0.1, 0.15) is 52.0 Å². The number of furan rings is 1. The van der Waals surface area contributed by atoms with E-state index in [1.54, 1.807) is 6.07 Å². The second kappa shape index (κ2) is 5.94. The molecule has 4 aliphatic rings. The molecule has 2 saturated heterocycles. The highest BCUT2D eigenvalue weighted by Crippen LogP contribution is 2.75. The highest BCUT2D eigenvalue weighted by molar-refractivity contribution is 5.93. The van der Waals surface area contributed by atoms with Crippen molar-refractivity contribution < 1.29 is 38.4 Å². The Balaban J connectivity index is 1.74. The normalized spacial score (nSPS) is 49.6. The van der Waals surface area contributed by atoms with Crippen LogP contribution in [0, 0.1) is 16.7 Å². The lowest BCUT2D eigenvalue weighted by atomic mass is 9.41. The molecular formula is C22H28O8. The van der Waals surface area contributed by atoms with Crippen molar-refractivity contribution in [3.63, 3.8) is 0 Å². The Hall–Kier alpha value is -1.74. The van der Waals surface area contributed by atoms with Crippen molar-refractivity contribution in [2.45, 2.75) is 69.5 Å². The number of carbonyl (C=O) groups is 2. The number of ether oxygens (including phenoxy) is 3. The number of hydrogen-bond donors (Lipinski definition) is 2. The third kappa shape index (κ3) is 2.10. The molecule has 4 fully saturated rings. The summed E-state index contributed by atoms with van der Waals surface area (Å²) in [7, 11) is 0. The van der Waals surface area contributed by atoms with Crippen LogP contribution in [0.2, 0.25) is 0 Å². The molecule has 2 aliphatic carbocycles. The van der Waals surface area contributed by atoms with Gasteiger partial charge in [-0.3, -0.25) is 9.59 Å². The van der Waals surface area contributed by atoms with Crippen LogP contribution in [0.3, 0.4) is 0 Å². The first-order valence-corrected chi connectivity index (χ1v) is 10.5. The minimum absolute atomic E-state index is 0.0251. The number of carbonyl (C=O) groups excluding carboxylic acids is 2. The zero-order valence-corrected chi connectivity index (χ0v) is 17.5. The summed E-state index contributed by atoms with van der Waals surface area (Å²) in [6, 6.07) is 1.66. The van der Waals surface area contributed by atoms with Gasteiger partial charge in [-0.2, -0.15) is 0 Å². The highest BCUT2D eigenvalue weighted by Gasteiger charge is 2.87. The molecule has 2 aliphatic heterocycles. The van der Waals surface area contributed by atoms with Crippen LogP contribution in [0.15, 0.2) is 23.0 Å². The number of fused-ring (bicyclic) bond motifs is 1. The standard InChI is InChI=1S/C22H28O8/c1-13-8-17(25)19(11-28-14(2)23)20(12-29-20)16(24)4-6-22(19)18(13,3)10-21(26,30-22)15-5-7-27-9-15/h5,7,9,13,17,25-26H,4,6,8,10-12H2,1-3H3. The molecule has 2 saturated carbocycles. The van der Waals surface area contributed by atoms with E-state index in [4.69, 9.17) is 18.6 Å². The largest absolute Gasteiger partial charge is 0.472 e. The van der Waals surface area contributed by atoms with Gasteiger partial charge >= 0.3 is 5.97 Å². The van der Waals surface area contributed by atoms with E-state index in [0.29, 0.717) is 18.4 Å². The van der Waals surface area contributed by atoms with Gasteiger partial charge in [0.05, 0.1) is 36.3 Å². The van der Waals surface area contributed by atoms with Gasteiger partial charge in [0, 0.05) is 30.7 Å². The van der Waals surface area contributed by atoms with Crippen LogP contribution in [-0.4, -0.2) is 52.5 Å². The van der Waals surface area contributed by atoms with Crippen molar-refractivity contribution in [3.05, 3.63) is 24.2 Å². The molecule has 7 unspecified atom stereocenters. The summed E-state index contributed by atoms with van der Waals surface area (Å²) in [6.07, 6.45) is 3.07. The van der Waals surface area contributed by atoms with Crippen molar-refractivity contribution in [1.82, 2.24) is 0 Å². The molecular weight excluding hydrogens is 392 g/mol. The lowest BCUT2D eigenvalue weighted by molar-refractivity contribution is -0.326. The molecule has 0 bridgehead atoms. The third-order valence-electron chi connectivity index (χ3n) is 8.61. The second-order valence-electron chi connectivity index (χ2n) is 9.76. The molecule has 7 atom stereocenters. The molecule has 8 nitrogen and oxygen atoms in total. The molecule has 5 rings (SSSR count). The Morgan fingerprint density at radius 3 is 2.73 bits per heavy atom. The van der Waals surface area contributed by atoms with Crippen molar-refractivity contribution in [2.75, 3.05) is 13.2 Å². The van der Waals surface area contributed by atoms with E-state index in [1.165, 1.54) is 19.5 Å². The van der Waals surface area contributed by atoms with Crippen LogP contribution in [0.25, 0.3) is 0 Å². The maximum atomic E-state index is 13.1. The molecule has 0 radical (unpaired) electrons. The van der Waals surface area contributed by atoms with Crippen molar-refractivity contribution in [3.8, 4) is 0 Å². The number of aliphatic hydroxyl groups excluding tert-OH is 1. The van der Waals surface area contributed by atoms with E-state index in [2.05, 4.69) is 0 Å². The molecule has 1 aromatic rings. The fourth-order valence-electron chi connectivity index (χ4n) is 6.90. The van der Waals surface area contributed by atoms with Gasteiger partial charge in [-0.1, -0.05) is 13.8 Å². The Labute approximate surface area is 174 Å². The first kappa shape index (κ1) is 20.2. The Morgan fingerprint density at radius 1 is 1.40 bits per heavy atom. The van der Waals surface area contributed by atoms with E-state index in [-0.39, 0.29) is 37.8 Å². The fourth-order valence-corrected chi connectivity index (χ4v) is 6.90. The number of rotatable bonds is 3. The predicted octanol–water partition coefficient (Wildman–Crippen LogP) is 1.67. The van der Waals surface area contributed by atoms with Gasteiger partial charge in [0.1, 0.15) is 6.61 Å². The molecule has 1 aromatic heterocycles. The number of esters is 1. The molecule has 2 N–H and O–H groups in total. The lowest BCUT2D eigenvalue weighted by Gasteiger charge is -2.65. The molecule has 0 amide bonds. The van der Waals surface area contributed by atoms with Crippen LogP contribution < -0.4 is 0 Å². The average Bonchev–Trinajstić information content (AvgIpc) is 3.17. The minimum atomic E-state index is -1.65. The first-order chi connectivity index (χ1) is 14.1.